The Morgan fingerprint density at radius 3 is 2.08 bits per heavy atom. The van der Waals surface area contributed by atoms with Crippen LogP contribution in [0.1, 0.15) is 24.0 Å². The van der Waals surface area contributed by atoms with Gasteiger partial charge in [0.15, 0.2) is 11.5 Å². The summed E-state index contributed by atoms with van der Waals surface area (Å²) in [4.78, 5) is 0.145. The molecule has 1 aliphatic rings. The Labute approximate surface area is 154 Å². The maximum atomic E-state index is 13.0. The Morgan fingerprint density at radius 2 is 1.50 bits per heavy atom. The minimum absolute atomic E-state index is 0.145. The number of rotatable bonds is 7. The monoisotopic (exact) mass is 377 g/mol. The molecule has 0 saturated heterocycles. The van der Waals surface area contributed by atoms with Crippen LogP contribution in [0.15, 0.2) is 41.3 Å². The molecule has 1 fully saturated rings. The van der Waals surface area contributed by atoms with Crippen molar-refractivity contribution >= 4 is 10.0 Å². The molecule has 0 unspecified atom stereocenters. The van der Waals surface area contributed by atoms with Crippen molar-refractivity contribution < 1.29 is 22.6 Å². The molecule has 3 rings (SSSR count). The van der Waals surface area contributed by atoms with Crippen molar-refractivity contribution in [2.45, 2.75) is 30.2 Å². The van der Waals surface area contributed by atoms with E-state index >= 15 is 0 Å². The molecular formula is C19H23NO5S. The molecule has 7 heteroatoms. The third-order valence-corrected chi connectivity index (χ3v) is 6.18. The highest BCUT2D eigenvalue weighted by Gasteiger charge is 2.48. The van der Waals surface area contributed by atoms with Gasteiger partial charge in [-0.2, -0.15) is 0 Å². The second-order valence-electron chi connectivity index (χ2n) is 6.41. The van der Waals surface area contributed by atoms with Gasteiger partial charge < -0.3 is 14.2 Å². The molecule has 0 spiro atoms. The predicted octanol–water partition coefficient (Wildman–Crippen LogP) is 2.99. The molecular weight excluding hydrogens is 354 g/mol. The Kier molecular flexibility index (Phi) is 4.86. The zero-order valence-electron chi connectivity index (χ0n) is 15.3. The molecule has 140 valence electrons. The molecule has 2 aromatic rings. The smallest absolute Gasteiger partial charge is 0.245 e. The van der Waals surface area contributed by atoms with Crippen LogP contribution in [0.3, 0.4) is 0 Å². The first-order chi connectivity index (χ1) is 12.3. The Hall–Kier alpha value is -2.25. The van der Waals surface area contributed by atoms with Gasteiger partial charge in [-0.1, -0.05) is 12.1 Å². The normalized spacial score (nSPS) is 15.4. The summed E-state index contributed by atoms with van der Waals surface area (Å²) in [6.45, 7) is 1.85. The molecule has 1 saturated carbocycles. The first kappa shape index (κ1) is 18.5. The maximum Gasteiger partial charge on any atom is 0.245 e. The first-order valence-electron chi connectivity index (χ1n) is 8.26. The Bertz CT molecular complexity index is 920. The van der Waals surface area contributed by atoms with Crippen molar-refractivity contribution in [3.05, 3.63) is 47.5 Å². The van der Waals surface area contributed by atoms with Gasteiger partial charge in [0.05, 0.1) is 26.9 Å². The summed E-state index contributed by atoms with van der Waals surface area (Å²) in [5, 5.41) is 0. The van der Waals surface area contributed by atoms with Gasteiger partial charge in [0, 0.05) is 0 Å². The predicted molar refractivity (Wildman–Crippen MR) is 98.5 cm³/mol. The summed E-state index contributed by atoms with van der Waals surface area (Å²) in [5.74, 6) is 1.50. The van der Waals surface area contributed by atoms with Crippen LogP contribution in [-0.2, 0) is 15.6 Å². The number of methoxy groups -OCH3 is 3. The molecule has 0 atom stereocenters. The van der Waals surface area contributed by atoms with Gasteiger partial charge in [-0.15, -0.1) is 0 Å². The summed E-state index contributed by atoms with van der Waals surface area (Å²) in [6, 6.07) is 10.6. The number of benzene rings is 2. The highest BCUT2D eigenvalue weighted by molar-refractivity contribution is 7.89. The molecule has 6 nitrogen and oxygen atoms in total. The second-order valence-corrected chi connectivity index (χ2v) is 8.06. The van der Waals surface area contributed by atoms with Gasteiger partial charge in [0.25, 0.3) is 0 Å². The molecule has 0 bridgehead atoms. The second kappa shape index (κ2) is 6.81. The van der Waals surface area contributed by atoms with Crippen molar-refractivity contribution in [1.29, 1.82) is 0 Å². The maximum absolute atomic E-state index is 13.0. The zero-order valence-corrected chi connectivity index (χ0v) is 16.1. The van der Waals surface area contributed by atoms with Crippen LogP contribution in [-0.4, -0.2) is 29.7 Å². The van der Waals surface area contributed by atoms with Crippen LogP contribution in [0.2, 0.25) is 0 Å². The lowest BCUT2D eigenvalue weighted by Crippen LogP contribution is -2.35. The van der Waals surface area contributed by atoms with Gasteiger partial charge in [-0.25, -0.2) is 13.1 Å². The number of sulfonamides is 1. The SMILES string of the molecule is COc1ccc(C2(NS(=O)(=O)c3cc(C)ccc3OC)CC2)cc1OC. The largest absolute Gasteiger partial charge is 0.495 e. The van der Waals surface area contributed by atoms with E-state index in [0.717, 1.165) is 24.0 Å². The number of aryl methyl sites for hydroxylation is 1. The number of nitrogens with one attached hydrogen (secondary N) is 1. The molecule has 1 N–H and O–H groups in total. The van der Waals surface area contributed by atoms with E-state index in [1.165, 1.54) is 7.11 Å². The summed E-state index contributed by atoms with van der Waals surface area (Å²) in [7, 11) is 0.837. The van der Waals surface area contributed by atoms with Crippen molar-refractivity contribution in [3.8, 4) is 17.2 Å². The quantitative estimate of drug-likeness (QED) is 0.803. The topological polar surface area (TPSA) is 73.9 Å². The van der Waals surface area contributed by atoms with E-state index in [-0.39, 0.29) is 4.90 Å². The Balaban J connectivity index is 1.96. The van der Waals surface area contributed by atoms with Crippen LogP contribution >= 0.6 is 0 Å². The van der Waals surface area contributed by atoms with E-state index in [4.69, 9.17) is 14.2 Å². The molecule has 1 aliphatic carbocycles. The van der Waals surface area contributed by atoms with Gasteiger partial charge in [0.1, 0.15) is 10.6 Å². The molecule has 0 amide bonds. The molecule has 26 heavy (non-hydrogen) atoms. The molecule has 0 radical (unpaired) electrons. The molecule has 0 aromatic heterocycles. The van der Waals surface area contributed by atoms with Crippen LogP contribution in [0.25, 0.3) is 0 Å². The first-order valence-corrected chi connectivity index (χ1v) is 9.75. The third kappa shape index (κ3) is 3.37. The third-order valence-electron chi connectivity index (χ3n) is 4.62. The van der Waals surface area contributed by atoms with Crippen molar-refractivity contribution in [2.24, 2.45) is 0 Å². The van der Waals surface area contributed by atoms with Crippen LogP contribution in [0.4, 0.5) is 0 Å². The lowest BCUT2D eigenvalue weighted by molar-refractivity contribution is 0.354. The standard InChI is InChI=1S/C19H23NO5S/c1-13-5-7-16(24-3)18(11-13)26(21,22)20-19(9-10-19)14-6-8-15(23-2)17(12-14)25-4/h5-8,11-12,20H,9-10H2,1-4H3. The minimum atomic E-state index is -3.75. The van der Waals surface area contributed by atoms with E-state index in [0.29, 0.717) is 17.2 Å². The van der Waals surface area contributed by atoms with Gasteiger partial charge in [-0.3, -0.25) is 0 Å². The summed E-state index contributed by atoms with van der Waals surface area (Å²) >= 11 is 0. The fourth-order valence-electron chi connectivity index (χ4n) is 3.01. The van der Waals surface area contributed by atoms with Gasteiger partial charge in [-0.05, 0) is 55.2 Å². The van der Waals surface area contributed by atoms with E-state index in [2.05, 4.69) is 4.72 Å². The summed E-state index contributed by atoms with van der Waals surface area (Å²) in [5.41, 5.74) is 1.07. The van der Waals surface area contributed by atoms with Crippen molar-refractivity contribution in [1.82, 2.24) is 4.72 Å². The van der Waals surface area contributed by atoms with Gasteiger partial charge in [0.2, 0.25) is 10.0 Å². The summed E-state index contributed by atoms with van der Waals surface area (Å²) < 4.78 is 44.8. The Morgan fingerprint density at radius 1 is 0.885 bits per heavy atom. The fourth-order valence-corrected chi connectivity index (χ4v) is 4.72. The average molecular weight is 377 g/mol. The average Bonchev–Trinajstić information content (AvgIpc) is 3.41. The number of hydrogen-bond donors (Lipinski definition) is 1. The molecule has 0 heterocycles. The van der Waals surface area contributed by atoms with Gasteiger partial charge >= 0.3 is 0 Å². The van der Waals surface area contributed by atoms with E-state index < -0.39 is 15.6 Å². The van der Waals surface area contributed by atoms with E-state index in [1.807, 2.05) is 25.1 Å². The lowest BCUT2D eigenvalue weighted by atomic mass is 10.1. The fraction of sp³-hybridized carbons (Fsp3) is 0.368. The zero-order chi connectivity index (χ0) is 18.9. The molecule has 2 aromatic carbocycles. The lowest BCUT2D eigenvalue weighted by Gasteiger charge is -2.20. The molecule has 0 aliphatic heterocycles. The van der Waals surface area contributed by atoms with Crippen LogP contribution in [0.5, 0.6) is 17.2 Å². The van der Waals surface area contributed by atoms with E-state index in [1.54, 1.807) is 32.4 Å². The minimum Gasteiger partial charge on any atom is -0.495 e. The van der Waals surface area contributed by atoms with E-state index in [9.17, 15) is 8.42 Å². The highest BCUT2D eigenvalue weighted by Crippen LogP contribution is 2.48. The van der Waals surface area contributed by atoms with Crippen LogP contribution < -0.4 is 18.9 Å². The number of ether oxygens (including phenoxy) is 3. The van der Waals surface area contributed by atoms with Crippen molar-refractivity contribution in [3.63, 3.8) is 0 Å². The van der Waals surface area contributed by atoms with Crippen molar-refractivity contribution in [2.75, 3.05) is 21.3 Å². The summed E-state index contributed by atoms with van der Waals surface area (Å²) in [6.07, 6.45) is 1.44. The van der Waals surface area contributed by atoms with Crippen LogP contribution in [0, 0.1) is 6.92 Å². The highest BCUT2D eigenvalue weighted by atomic mass is 32.2. The number of hydrogen-bond acceptors (Lipinski definition) is 5.